The number of rotatable bonds is 3. The van der Waals surface area contributed by atoms with Crippen molar-refractivity contribution in [1.82, 2.24) is 20.2 Å². The highest BCUT2D eigenvalue weighted by Crippen LogP contribution is 2.22. The van der Waals surface area contributed by atoms with Gasteiger partial charge in [0.05, 0.1) is 18.8 Å². The number of anilines is 1. The summed E-state index contributed by atoms with van der Waals surface area (Å²) < 4.78 is 20.5. The van der Waals surface area contributed by atoms with Crippen LogP contribution in [-0.4, -0.2) is 33.4 Å². The van der Waals surface area contributed by atoms with E-state index in [0.29, 0.717) is 23.9 Å². The van der Waals surface area contributed by atoms with Gasteiger partial charge in [0, 0.05) is 18.1 Å². The minimum atomic E-state index is -0.462. The Morgan fingerprint density at radius 2 is 2.37 bits per heavy atom. The molecular weight excluding hydrogens is 249 g/mol. The molecule has 7 heteroatoms. The van der Waals surface area contributed by atoms with Crippen LogP contribution in [0, 0.1) is 11.7 Å². The zero-order chi connectivity index (χ0) is 13.2. The van der Waals surface area contributed by atoms with E-state index < -0.39 is 5.82 Å². The van der Waals surface area contributed by atoms with E-state index >= 15 is 0 Å². The quantitative estimate of drug-likeness (QED) is 0.839. The molecule has 2 N–H and O–H groups in total. The predicted molar refractivity (Wildman–Crippen MR) is 66.5 cm³/mol. The van der Waals surface area contributed by atoms with Crippen molar-refractivity contribution in [3.8, 4) is 11.4 Å². The van der Waals surface area contributed by atoms with Crippen molar-refractivity contribution in [2.45, 2.75) is 13.0 Å². The van der Waals surface area contributed by atoms with Crippen LogP contribution in [-0.2, 0) is 11.3 Å². The van der Waals surface area contributed by atoms with E-state index in [0.717, 1.165) is 19.6 Å². The minimum absolute atomic E-state index is 0.118. The molecule has 100 valence electrons. The number of tetrazole rings is 1. The van der Waals surface area contributed by atoms with Gasteiger partial charge >= 0.3 is 0 Å². The molecular formula is C12H14FN5O. The average molecular weight is 263 g/mol. The lowest BCUT2D eigenvalue weighted by Crippen LogP contribution is -2.13. The monoisotopic (exact) mass is 263 g/mol. The molecule has 0 aliphatic carbocycles. The third-order valence-electron chi connectivity index (χ3n) is 3.25. The number of halogens is 1. The Balaban J connectivity index is 1.87. The lowest BCUT2D eigenvalue weighted by Gasteiger charge is -2.09. The first kappa shape index (κ1) is 12.0. The van der Waals surface area contributed by atoms with E-state index in [2.05, 4.69) is 15.5 Å². The molecule has 1 aliphatic rings. The molecule has 2 heterocycles. The van der Waals surface area contributed by atoms with Crippen LogP contribution in [0.4, 0.5) is 10.1 Å². The van der Waals surface area contributed by atoms with Crippen molar-refractivity contribution in [3.05, 3.63) is 24.0 Å². The van der Waals surface area contributed by atoms with E-state index in [1.165, 1.54) is 12.1 Å². The van der Waals surface area contributed by atoms with Gasteiger partial charge in [-0.25, -0.2) is 9.07 Å². The zero-order valence-corrected chi connectivity index (χ0v) is 10.3. The molecule has 0 amide bonds. The molecule has 3 rings (SSSR count). The molecule has 0 radical (unpaired) electrons. The van der Waals surface area contributed by atoms with Crippen LogP contribution in [0.15, 0.2) is 18.2 Å². The second-order valence-electron chi connectivity index (χ2n) is 4.65. The highest BCUT2D eigenvalue weighted by Gasteiger charge is 2.19. The second-order valence-corrected chi connectivity index (χ2v) is 4.65. The van der Waals surface area contributed by atoms with Crippen LogP contribution in [0.1, 0.15) is 6.42 Å². The normalized spacial score (nSPS) is 18.9. The number of hydrogen-bond acceptors (Lipinski definition) is 5. The molecule has 6 nitrogen and oxygen atoms in total. The Hall–Kier alpha value is -2.02. The summed E-state index contributed by atoms with van der Waals surface area (Å²) in [7, 11) is 0. The predicted octanol–water partition coefficient (Wildman–Crippen LogP) is 1.10. The molecule has 1 aliphatic heterocycles. The van der Waals surface area contributed by atoms with Crippen molar-refractivity contribution in [1.29, 1.82) is 0 Å². The molecule has 19 heavy (non-hydrogen) atoms. The first-order valence-electron chi connectivity index (χ1n) is 6.13. The van der Waals surface area contributed by atoms with Crippen molar-refractivity contribution in [2.24, 2.45) is 5.92 Å². The van der Waals surface area contributed by atoms with E-state index in [4.69, 9.17) is 10.5 Å². The van der Waals surface area contributed by atoms with Gasteiger partial charge in [-0.15, -0.1) is 5.10 Å². The number of hydrogen-bond donors (Lipinski definition) is 1. The summed E-state index contributed by atoms with van der Waals surface area (Å²) in [6, 6.07) is 4.58. The summed E-state index contributed by atoms with van der Waals surface area (Å²) >= 11 is 0. The molecule has 2 aromatic rings. The van der Waals surface area contributed by atoms with E-state index in [9.17, 15) is 4.39 Å². The van der Waals surface area contributed by atoms with Crippen LogP contribution in [0.25, 0.3) is 11.4 Å². The molecule has 0 saturated carbocycles. The molecule has 1 unspecified atom stereocenters. The van der Waals surface area contributed by atoms with E-state index in [1.807, 2.05) is 0 Å². The fourth-order valence-electron chi connectivity index (χ4n) is 2.17. The Kier molecular flexibility index (Phi) is 3.12. The first-order chi connectivity index (χ1) is 9.24. The van der Waals surface area contributed by atoms with Gasteiger partial charge < -0.3 is 10.5 Å². The van der Waals surface area contributed by atoms with Crippen LogP contribution in [0.3, 0.4) is 0 Å². The minimum Gasteiger partial charge on any atom is -0.396 e. The largest absolute Gasteiger partial charge is 0.396 e. The summed E-state index contributed by atoms with van der Waals surface area (Å²) in [6.07, 6.45) is 0.995. The molecule has 1 saturated heterocycles. The molecule has 0 spiro atoms. The van der Waals surface area contributed by atoms with Crippen LogP contribution >= 0.6 is 0 Å². The molecule has 1 aromatic heterocycles. The summed E-state index contributed by atoms with van der Waals surface area (Å²) in [4.78, 5) is 0. The fraction of sp³-hybridized carbons (Fsp3) is 0.417. The third kappa shape index (κ3) is 2.41. The summed E-state index contributed by atoms with van der Waals surface area (Å²) in [5.74, 6) is 0.489. The summed E-state index contributed by atoms with van der Waals surface area (Å²) in [6.45, 7) is 2.17. The van der Waals surface area contributed by atoms with E-state index in [-0.39, 0.29) is 5.69 Å². The molecule has 1 atom stereocenters. The van der Waals surface area contributed by atoms with Gasteiger partial charge in [0.1, 0.15) is 5.82 Å². The van der Waals surface area contributed by atoms with Gasteiger partial charge in [-0.3, -0.25) is 0 Å². The maximum atomic E-state index is 13.5. The van der Waals surface area contributed by atoms with Gasteiger partial charge in [0.2, 0.25) is 0 Å². The molecule has 1 aromatic carbocycles. The van der Waals surface area contributed by atoms with Crippen molar-refractivity contribution in [3.63, 3.8) is 0 Å². The first-order valence-corrected chi connectivity index (χ1v) is 6.13. The number of nitrogens with two attached hydrogens (primary N) is 1. The van der Waals surface area contributed by atoms with Gasteiger partial charge in [0.15, 0.2) is 5.82 Å². The highest BCUT2D eigenvalue weighted by molar-refractivity contribution is 5.59. The van der Waals surface area contributed by atoms with Crippen molar-refractivity contribution < 1.29 is 9.13 Å². The van der Waals surface area contributed by atoms with E-state index in [1.54, 1.807) is 10.7 Å². The Morgan fingerprint density at radius 3 is 3.11 bits per heavy atom. The third-order valence-corrected chi connectivity index (χ3v) is 3.25. The number of ether oxygens (including phenoxy) is 1. The van der Waals surface area contributed by atoms with Gasteiger partial charge in [0.25, 0.3) is 0 Å². The highest BCUT2D eigenvalue weighted by atomic mass is 19.1. The summed E-state index contributed by atoms with van der Waals surface area (Å²) in [5, 5.41) is 11.6. The number of benzene rings is 1. The SMILES string of the molecule is Nc1ccc(-c2nnnn2CC2CCOC2)cc1F. The van der Waals surface area contributed by atoms with Crippen LogP contribution in [0.5, 0.6) is 0 Å². The number of aromatic nitrogens is 4. The Bertz CT molecular complexity index is 579. The van der Waals surface area contributed by atoms with Gasteiger partial charge in [-0.05, 0) is 35.0 Å². The molecule has 1 fully saturated rings. The van der Waals surface area contributed by atoms with Crippen molar-refractivity contribution >= 4 is 5.69 Å². The Morgan fingerprint density at radius 1 is 1.47 bits per heavy atom. The molecule has 0 bridgehead atoms. The fourth-order valence-corrected chi connectivity index (χ4v) is 2.17. The number of nitrogen functional groups attached to an aromatic ring is 1. The maximum absolute atomic E-state index is 13.5. The second kappa shape index (κ2) is 4.93. The number of nitrogens with zero attached hydrogens (tertiary/aromatic N) is 4. The smallest absolute Gasteiger partial charge is 0.182 e. The lowest BCUT2D eigenvalue weighted by atomic mass is 10.1. The topological polar surface area (TPSA) is 78.9 Å². The maximum Gasteiger partial charge on any atom is 0.182 e. The van der Waals surface area contributed by atoms with Crippen LogP contribution in [0.2, 0.25) is 0 Å². The zero-order valence-electron chi connectivity index (χ0n) is 10.3. The van der Waals surface area contributed by atoms with Gasteiger partial charge in [-0.2, -0.15) is 0 Å². The summed E-state index contributed by atoms with van der Waals surface area (Å²) in [5.41, 5.74) is 6.20. The average Bonchev–Trinajstić information content (AvgIpc) is 3.05. The van der Waals surface area contributed by atoms with Crippen LogP contribution < -0.4 is 5.73 Å². The van der Waals surface area contributed by atoms with Gasteiger partial charge in [-0.1, -0.05) is 0 Å². The lowest BCUT2D eigenvalue weighted by molar-refractivity contribution is 0.181. The van der Waals surface area contributed by atoms with Crippen molar-refractivity contribution in [2.75, 3.05) is 18.9 Å². The Labute approximate surface area is 109 Å². The standard InChI is InChI=1S/C12H14FN5O/c13-10-5-9(1-2-11(10)14)12-15-16-17-18(12)6-8-3-4-19-7-8/h1-2,5,8H,3-4,6-7,14H2.